The monoisotopic (exact) mass is 406 g/mol. The molecule has 0 radical (unpaired) electrons. The van der Waals surface area contributed by atoms with Gasteiger partial charge in [0.15, 0.2) is 0 Å². The molecule has 2 atom stereocenters. The van der Waals surface area contributed by atoms with Crippen LogP contribution in [-0.4, -0.2) is 37.6 Å². The molecule has 0 bridgehead atoms. The van der Waals surface area contributed by atoms with Crippen LogP contribution in [0.1, 0.15) is 17.9 Å². The van der Waals surface area contributed by atoms with Crippen molar-refractivity contribution in [2.24, 2.45) is 5.92 Å². The Balaban J connectivity index is 0.00000169. The summed E-state index contributed by atoms with van der Waals surface area (Å²) in [6, 6.07) is 19.2. The van der Waals surface area contributed by atoms with Crippen LogP contribution in [0.15, 0.2) is 54.6 Å². The zero-order valence-electron chi connectivity index (χ0n) is 13.8. The molecule has 2 fully saturated rings. The summed E-state index contributed by atoms with van der Waals surface area (Å²) in [5.41, 5.74) is 2.82. The van der Waals surface area contributed by atoms with Crippen molar-refractivity contribution < 1.29 is 0 Å². The summed E-state index contributed by atoms with van der Waals surface area (Å²) in [4.78, 5) is 5.11. The third-order valence-corrected chi connectivity index (χ3v) is 5.46. The van der Waals surface area contributed by atoms with E-state index in [1.165, 1.54) is 37.3 Å². The Hall–Kier alpha value is -1.03. The summed E-state index contributed by atoms with van der Waals surface area (Å²) in [5, 5.41) is 0.813. The summed E-state index contributed by atoms with van der Waals surface area (Å²) >= 11 is 5.98. The van der Waals surface area contributed by atoms with Crippen LogP contribution in [0.25, 0.3) is 0 Å². The lowest BCUT2D eigenvalue weighted by atomic mass is 10.1. The van der Waals surface area contributed by atoms with Gasteiger partial charge in [0.1, 0.15) is 0 Å². The molecule has 2 nitrogen and oxygen atoms in total. The maximum Gasteiger partial charge on any atom is 0.0407 e. The normalized spacial score (nSPS) is 23.6. The third kappa shape index (κ3) is 4.14. The molecule has 0 spiro atoms. The first kappa shape index (κ1) is 17.8. The predicted molar refractivity (Wildman–Crippen MR) is 108 cm³/mol. The van der Waals surface area contributed by atoms with Crippen LogP contribution in [0.4, 0.5) is 5.69 Å². The average Bonchev–Trinajstić information content (AvgIpc) is 3.36. The molecule has 24 heavy (non-hydrogen) atoms. The fraction of sp³-hybridized carbons (Fsp3) is 0.400. The quantitative estimate of drug-likeness (QED) is 0.715. The van der Waals surface area contributed by atoms with E-state index < -0.39 is 0 Å². The zero-order valence-corrected chi connectivity index (χ0v) is 16.2. The summed E-state index contributed by atoms with van der Waals surface area (Å²) in [6.45, 7) is 5.82. The number of hydrogen-bond acceptors (Lipinski definition) is 2. The predicted octanol–water partition coefficient (Wildman–Crippen LogP) is 4.84. The molecular formula is C20H24BrClN2. The first-order chi connectivity index (χ1) is 11.3. The van der Waals surface area contributed by atoms with Crippen LogP contribution in [-0.2, 0) is 0 Å². The molecule has 1 heterocycles. The number of hydrogen-bond donors (Lipinski definition) is 0. The molecule has 4 heteroatoms. The molecule has 2 aliphatic rings. The maximum absolute atomic E-state index is 5.98. The van der Waals surface area contributed by atoms with Crippen molar-refractivity contribution in [2.75, 3.05) is 37.6 Å². The average molecular weight is 408 g/mol. The standard InChI is InChI=1S/C20H23ClN2.BrH/c21-18-6-8-19(9-7-18)23-12-10-22(11-13-23)15-17-14-20(17)16-4-2-1-3-5-16;/h1-9,17,20H,10-15H2;1H/t17-,20-;/m0./s1. The van der Waals surface area contributed by atoms with Gasteiger partial charge in [-0.2, -0.15) is 0 Å². The lowest BCUT2D eigenvalue weighted by Crippen LogP contribution is -2.47. The summed E-state index contributed by atoms with van der Waals surface area (Å²) in [6.07, 6.45) is 1.36. The van der Waals surface area contributed by atoms with Gasteiger partial charge in [-0.3, -0.25) is 4.90 Å². The second-order valence-corrected chi connectivity index (χ2v) is 7.21. The molecule has 0 unspecified atom stereocenters. The van der Waals surface area contributed by atoms with E-state index in [0.717, 1.165) is 29.9 Å². The molecule has 1 aliphatic carbocycles. The minimum atomic E-state index is 0. The Morgan fingerprint density at radius 2 is 1.54 bits per heavy atom. The Kier molecular flexibility index (Phi) is 5.85. The minimum absolute atomic E-state index is 0. The van der Waals surface area contributed by atoms with Crippen molar-refractivity contribution >= 4 is 34.3 Å². The van der Waals surface area contributed by atoms with E-state index >= 15 is 0 Å². The van der Waals surface area contributed by atoms with Crippen LogP contribution >= 0.6 is 28.6 Å². The van der Waals surface area contributed by atoms with Gasteiger partial charge in [0, 0.05) is 43.4 Å². The molecule has 1 aliphatic heterocycles. The first-order valence-electron chi connectivity index (χ1n) is 8.57. The van der Waals surface area contributed by atoms with Crippen molar-refractivity contribution in [1.82, 2.24) is 4.90 Å². The highest BCUT2D eigenvalue weighted by atomic mass is 79.9. The molecular weight excluding hydrogens is 384 g/mol. The zero-order chi connectivity index (χ0) is 15.6. The number of nitrogens with zero attached hydrogens (tertiary/aromatic N) is 2. The van der Waals surface area contributed by atoms with Crippen molar-refractivity contribution in [2.45, 2.75) is 12.3 Å². The van der Waals surface area contributed by atoms with Crippen LogP contribution in [0.2, 0.25) is 5.02 Å². The van der Waals surface area contributed by atoms with E-state index in [9.17, 15) is 0 Å². The Morgan fingerprint density at radius 3 is 2.21 bits per heavy atom. The van der Waals surface area contributed by atoms with Crippen LogP contribution in [0.3, 0.4) is 0 Å². The Labute approximate surface area is 160 Å². The lowest BCUT2D eigenvalue weighted by molar-refractivity contribution is 0.246. The minimum Gasteiger partial charge on any atom is -0.369 e. The fourth-order valence-electron chi connectivity index (χ4n) is 3.73. The highest BCUT2D eigenvalue weighted by molar-refractivity contribution is 8.93. The summed E-state index contributed by atoms with van der Waals surface area (Å²) in [5.74, 6) is 1.66. The van der Waals surface area contributed by atoms with Gasteiger partial charge in [-0.15, -0.1) is 17.0 Å². The SMILES string of the molecule is Br.Clc1ccc(N2CCN(C[C@@H]3C[C@H]3c3ccccc3)CC2)cc1. The molecule has 0 amide bonds. The number of anilines is 1. The Bertz CT molecular complexity index is 638. The molecule has 0 N–H and O–H groups in total. The smallest absolute Gasteiger partial charge is 0.0407 e. The van der Waals surface area contributed by atoms with Gasteiger partial charge in [-0.25, -0.2) is 0 Å². The Morgan fingerprint density at radius 1 is 0.875 bits per heavy atom. The third-order valence-electron chi connectivity index (χ3n) is 5.21. The van der Waals surface area contributed by atoms with Gasteiger partial charge < -0.3 is 4.90 Å². The summed E-state index contributed by atoms with van der Waals surface area (Å²) in [7, 11) is 0. The van der Waals surface area contributed by atoms with E-state index in [-0.39, 0.29) is 17.0 Å². The highest BCUT2D eigenvalue weighted by Crippen LogP contribution is 2.47. The number of rotatable bonds is 4. The molecule has 4 rings (SSSR count). The highest BCUT2D eigenvalue weighted by Gasteiger charge is 2.39. The molecule has 0 aromatic heterocycles. The molecule has 128 valence electrons. The first-order valence-corrected chi connectivity index (χ1v) is 8.95. The van der Waals surface area contributed by atoms with Crippen molar-refractivity contribution in [3.8, 4) is 0 Å². The number of benzene rings is 2. The van der Waals surface area contributed by atoms with Gasteiger partial charge in [0.2, 0.25) is 0 Å². The number of piperazine rings is 1. The van der Waals surface area contributed by atoms with Gasteiger partial charge in [-0.05, 0) is 48.1 Å². The van der Waals surface area contributed by atoms with Crippen molar-refractivity contribution in [3.05, 3.63) is 65.2 Å². The number of halogens is 2. The van der Waals surface area contributed by atoms with E-state index in [0.29, 0.717) is 0 Å². The second-order valence-electron chi connectivity index (χ2n) is 6.78. The van der Waals surface area contributed by atoms with E-state index in [2.05, 4.69) is 52.3 Å². The molecule has 2 aromatic rings. The molecule has 1 saturated carbocycles. The largest absolute Gasteiger partial charge is 0.369 e. The van der Waals surface area contributed by atoms with E-state index in [4.69, 9.17) is 11.6 Å². The fourth-order valence-corrected chi connectivity index (χ4v) is 3.86. The van der Waals surface area contributed by atoms with Crippen LogP contribution in [0, 0.1) is 5.92 Å². The lowest BCUT2D eigenvalue weighted by Gasteiger charge is -2.36. The van der Waals surface area contributed by atoms with Crippen molar-refractivity contribution in [3.63, 3.8) is 0 Å². The van der Waals surface area contributed by atoms with Gasteiger partial charge >= 0.3 is 0 Å². The molecule has 1 saturated heterocycles. The van der Waals surface area contributed by atoms with Gasteiger partial charge in [0.05, 0.1) is 0 Å². The van der Waals surface area contributed by atoms with Gasteiger partial charge in [-0.1, -0.05) is 41.9 Å². The second kappa shape index (κ2) is 7.90. The van der Waals surface area contributed by atoms with Crippen LogP contribution in [0.5, 0.6) is 0 Å². The van der Waals surface area contributed by atoms with E-state index in [1.807, 2.05) is 12.1 Å². The van der Waals surface area contributed by atoms with Crippen molar-refractivity contribution in [1.29, 1.82) is 0 Å². The molecule has 2 aromatic carbocycles. The van der Waals surface area contributed by atoms with E-state index in [1.54, 1.807) is 0 Å². The topological polar surface area (TPSA) is 6.48 Å². The van der Waals surface area contributed by atoms with Crippen LogP contribution < -0.4 is 4.90 Å². The maximum atomic E-state index is 5.98. The van der Waals surface area contributed by atoms with Gasteiger partial charge in [0.25, 0.3) is 0 Å². The summed E-state index contributed by atoms with van der Waals surface area (Å²) < 4.78 is 0.